The number of rotatable bonds is 3. The quantitative estimate of drug-likeness (QED) is 0.499. The van der Waals surface area contributed by atoms with E-state index in [9.17, 15) is 4.91 Å². The molecule has 2 heteroatoms. The molecule has 0 aliphatic rings. The summed E-state index contributed by atoms with van der Waals surface area (Å²) >= 11 is 0. The molecule has 0 aliphatic heterocycles. The number of hydrogen-bond acceptors (Lipinski definition) is 2. The summed E-state index contributed by atoms with van der Waals surface area (Å²) in [7, 11) is 0. The Labute approximate surface area is 43.9 Å². The van der Waals surface area contributed by atoms with Gasteiger partial charge < -0.3 is 0 Å². The molecule has 0 aromatic carbocycles. The van der Waals surface area contributed by atoms with Crippen molar-refractivity contribution in [3.05, 3.63) is 4.91 Å². The van der Waals surface area contributed by atoms with Gasteiger partial charge in [-0.3, -0.25) is 0 Å². The number of hydrogen-bond donors (Lipinski definition) is 0. The minimum Gasteiger partial charge on any atom is -0.151 e. The van der Waals surface area contributed by atoms with Gasteiger partial charge in [-0.1, -0.05) is 18.5 Å². The molecule has 0 saturated carbocycles. The van der Waals surface area contributed by atoms with Crippen LogP contribution in [0.4, 0.5) is 0 Å². The van der Waals surface area contributed by atoms with Gasteiger partial charge in [0.25, 0.3) is 0 Å². The van der Waals surface area contributed by atoms with Gasteiger partial charge in [-0.2, -0.15) is 4.91 Å². The van der Waals surface area contributed by atoms with Crippen LogP contribution in [-0.2, 0) is 0 Å². The SMILES string of the molecule is CCC[C@H](C)N=O. The van der Waals surface area contributed by atoms with Gasteiger partial charge in [-0.05, 0) is 13.3 Å². The first kappa shape index (κ1) is 6.60. The monoisotopic (exact) mass is 101 g/mol. The van der Waals surface area contributed by atoms with E-state index < -0.39 is 0 Å². The minimum atomic E-state index is 0.0185. The molecule has 1 atom stereocenters. The van der Waals surface area contributed by atoms with Crippen molar-refractivity contribution in [2.45, 2.75) is 32.7 Å². The van der Waals surface area contributed by atoms with E-state index in [1.165, 1.54) is 0 Å². The molecule has 0 aliphatic carbocycles. The molecule has 0 saturated heterocycles. The lowest BCUT2D eigenvalue weighted by Crippen LogP contribution is -1.92. The van der Waals surface area contributed by atoms with E-state index in [1.807, 2.05) is 13.8 Å². The molecule has 42 valence electrons. The van der Waals surface area contributed by atoms with Gasteiger partial charge in [0, 0.05) is 0 Å². The maximum atomic E-state index is 9.64. The van der Waals surface area contributed by atoms with Crippen molar-refractivity contribution in [1.82, 2.24) is 0 Å². The predicted molar refractivity (Wildman–Crippen MR) is 30.2 cm³/mol. The Balaban J connectivity index is 2.98. The van der Waals surface area contributed by atoms with Crippen LogP contribution < -0.4 is 0 Å². The second-order valence-electron chi connectivity index (χ2n) is 1.74. The predicted octanol–water partition coefficient (Wildman–Crippen LogP) is 1.94. The standard InChI is InChI=1S/C5H11NO/c1-3-4-5(2)6-7/h5H,3-4H2,1-2H3/t5-/m0/s1. The van der Waals surface area contributed by atoms with Gasteiger partial charge in [0.15, 0.2) is 0 Å². The fraction of sp³-hybridized carbons (Fsp3) is 1.00. The van der Waals surface area contributed by atoms with E-state index in [0.717, 1.165) is 12.8 Å². The number of nitrogens with zero attached hydrogens (tertiary/aromatic N) is 1. The average molecular weight is 101 g/mol. The summed E-state index contributed by atoms with van der Waals surface area (Å²) in [5.74, 6) is 0. The zero-order chi connectivity index (χ0) is 5.70. The Bertz CT molecular complexity index is 54.0. The van der Waals surface area contributed by atoms with Crippen LogP contribution in [0.3, 0.4) is 0 Å². The second kappa shape index (κ2) is 3.78. The first-order chi connectivity index (χ1) is 3.31. The summed E-state index contributed by atoms with van der Waals surface area (Å²) in [5, 5.41) is 2.83. The third kappa shape index (κ3) is 3.43. The van der Waals surface area contributed by atoms with E-state index >= 15 is 0 Å². The molecule has 0 N–H and O–H groups in total. The number of nitroso groups, excluding NO2 is 1. The van der Waals surface area contributed by atoms with Crippen molar-refractivity contribution in [3.63, 3.8) is 0 Å². The smallest absolute Gasteiger partial charge is 0.0891 e. The zero-order valence-electron chi connectivity index (χ0n) is 4.85. The van der Waals surface area contributed by atoms with Crippen molar-refractivity contribution < 1.29 is 0 Å². The van der Waals surface area contributed by atoms with Gasteiger partial charge >= 0.3 is 0 Å². The Morgan fingerprint density at radius 1 is 1.71 bits per heavy atom. The summed E-state index contributed by atoms with van der Waals surface area (Å²) in [5.41, 5.74) is 0. The van der Waals surface area contributed by atoms with Crippen LogP contribution >= 0.6 is 0 Å². The van der Waals surface area contributed by atoms with Gasteiger partial charge in [-0.15, -0.1) is 0 Å². The van der Waals surface area contributed by atoms with E-state index in [0.29, 0.717) is 0 Å². The van der Waals surface area contributed by atoms with Crippen LogP contribution in [0.1, 0.15) is 26.7 Å². The maximum Gasteiger partial charge on any atom is 0.0891 e. The van der Waals surface area contributed by atoms with Crippen LogP contribution in [-0.4, -0.2) is 6.04 Å². The molecule has 0 spiro atoms. The Kier molecular flexibility index (Phi) is 3.56. The molecule has 0 amide bonds. The van der Waals surface area contributed by atoms with Gasteiger partial charge in [0.05, 0.1) is 6.04 Å². The third-order valence-corrected chi connectivity index (χ3v) is 0.886. The Morgan fingerprint density at radius 3 is 2.43 bits per heavy atom. The summed E-state index contributed by atoms with van der Waals surface area (Å²) < 4.78 is 0. The first-order valence-electron chi connectivity index (χ1n) is 2.63. The lowest BCUT2D eigenvalue weighted by atomic mass is 10.2. The molecule has 7 heavy (non-hydrogen) atoms. The van der Waals surface area contributed by atoms with Gasteiger partial charge in [-0.25, -0.2) is 0 Å². The molecule has 0 unspecified atom stereocenters. The van der Waals surface area contributed by atoms with Crippen molar-refractivity contribution in [2.24, 2.45) is 5.18 Å². The largest absolute Gasteiger partial charge is 0.151 e. The Hall–Kier alpha value is -0.400. The molecular weight excluding hydrogens is 90.1 g/mol. The summed E-state index contributed by atoms with van der Waals surface area (Å²) in [6.07, 6.45) is 1.97. The first-order valence-corrected chi connectivity index (χ1v) is 2.63. The Morgan fingerprint density at radius 2 is 2.29 bits per heavy atom. The molecule has 0 aromatic rings. The molecule has 0 rings (SSSR count). The summed E-state index contributed by atoms with van der Waals surface area (Å²) in [6.45, 7) is 3.87. The highest BCUT2D eigenvalue weighted by Gasteiger charge is 1.94. The van der Waals surface area contributed by atoms with E-state index in [-0.39, 0.29) is 6.04 Å². The minimum absolute atomic E-state index is 0.0185. The van der Waals surface area contributed by atoms with Crippen LogP contribution in [0.25, 0.3) is 0 Å². The van der Waals surface area contributed by atoms with E-state index in [1.54, 1.807) is 0 Å². The molecular formula is C5H11NO. The van der Waals surface area contributed by atoms with Crippen LogP contribution in [0, 0.1) is 4.91 Å². The van der Waals surface area contributed by atoms with Gasteiger partial charge in [0.2, 0.25) is 0 Å². The lowest BCUT2D eigenvalue weighted by molar-refractivity contribution is 0.650. The van der Waals surface area contributed by atoms with Crippen molar-refractivity contribution in [3.8, 4) is 0 Å². The lowest BCUT2D eigenvalue weighted by Gasteiger charge is -1.93. The van der Waals surface area contributed by atoms with E-state index in [4.69, 9.17) is 0 Å². The highest BCUT2D eigenvalue weighted by atomic mass is 16.3. The molecule has 0 heterocycles. The normalized spacial score (nSPS) is 13.4. The van der Waals surface area contributed by atoms with Crippen molar-refractivity contribution >= 4 is 0 Å². The maximum absolute atomic E-state index is 9.64. The van der Waals surface area contributed by atoms with Crippen molar-refractivity contribution in [1.29, 1.82) is 0 Å². The zero-order valence-corrected chi connectivity index (χ0v) is 4.85. The van der Waals surface area contributed by atoms with Crippen LogP contribution in [0.2, 0.25) is 0 Å². The fourth-order valence-corrected chi connectivity index (χ4v) is 0.470. The average Bonchev–Trinajstić information content (AvgIpc) is 1.68. The van der Waals surface area contributed by atoms with Crippen molar-refractivity contribution in [2.75, 3.05) is 0 Å². The molecule has 0 bridgehead atoms. The van der Waals surface area contributed by atoms with Crippen LogP contribution in [0.5, 0.6) is 0 Å². The molecule has 2 nitrogen and oxygen atoms in total. The topological polar surface area (TPSA) is 29.4 Å². The summed E-state index contributed by atoms with van der Waals surface area (Å²) in [6, 6.07) is 0.0185. The molecule has 0 radical (unpaired) electrons. The second-order valence-corrected chi connectivity index (χ2v) is 1.74. The van der Waals surface area contributed by atoms with Gasteiger partial charge in [0.1, 0.15) is 0 Å². The highest BCUT2D eigenvalue weighted by Crippen LogP contribution is 1.97. The fourth-order valence-electron chi connectivity index (χ4n) is 0.470. The van der Waals surface area contributed by atoms with Crippen LogP contribution in [0.15, 0.2) is 5.18 Å². The third-order valence-electron chi connectivity index (χ3n) is 0.886. The van der Waals surface area contributed by atoms with E-state index in [2.05, 4.69) is 5.18 Å². The molecule has 0 fully saturated rings. The summed E-state index contributed by atoms with van der Waals surface area (Å²) in [4.78, 5) is 9.64. The highest BCUT2D eigenvalue weighted by molar-refractivity contribution is 4.54. The molecule has 0 aromatic heterocycles.